The van der Waals surface area contributed by atoms with E-state index >= 15 is 0 Å². The zero-order valence-electron chi connectivity index (χ0n) is 19.8. The van der Waals surface area contributed by atoms with Gasteiger partial charge in [0.1, 0.15) is 11.5 Å². The fourth-order valence-electron chi connectivity index (χ4n) is 5.92. The third kappa shape index (κ3) is 3.64. The second-order valence-corrected chi connectivity index (χ2v) is 9.71. The number of hydrogen-bond donors (Lipinski definition) is 3. The minimum Gasteiger partial charge on any atom is -0.507 e. The quantitative estimate of drug-likeness (QED) is 0.401. The Hall–Kier alpha value is -4.29. The van der Waals surface area contributed by atoms with Crippen molar-refractivity contribution in [3.8, 4) is 23.3 Å². The molecule has 3 aliphatic rings. The van der Waals surface area contributed by atoms with E-state index in [1.54, 1.807) is 37.4 Å². The van der Waals surface area contributed by atoms with E-state index in [1.165, 1.54) is 6.07 Å². The molecular weight excluding hydrogens is 478 g/mol. The fourth-order valence-corrected chi connectivity index (χ4v) is 5.92. The molecule has 1 amide bonds. The number of benzene rings is 2. The summed E-state index contributed by atoms with van der Waals surface area (Å²) in [6.45, 7) is 0. The Morgan fingerprint density at radius 3 is 2.54 bits per heavy atom. The zero-order chi connectivity index (χ0) is 26.6. The molecule has 188 valence electrons. The first kappa shape index (κ1) is 24.4. The molecule has 0 heterocycles. The standard InChI is InChI=1S/C28H23NO8/c1-37-17-4-2-3-13(9-17)5-6-14-7-8-19(30)22-18(14)11-15-10-16-12-20(31)23(27(29)35)26(34)28(16,36)25(33)21(15)24(22)32/h2-4,7-9,15-16,21,23,30,36H,10-12H2,1H3,(H2,29,35)/t15-,16+,21?,23?,28+/m1/s1. The van der Waals surface area contributed by atoms with Crippen molar-refractivity contribution in [2.24, 2.45) is 29.4 Å². The Morgan fingerprint density at radius 1 is 1.08 bits per heavy atom. The zero-order valence-corrected chi connectivity index (χ0v) is 19.8. The van der Waals surface area contributed by atoms with Gasteiger partial charge in [-0.25, -0.2) is 0 Å². The molecule has 0 radical (unpaired) electrons. The van der Waals surface area contributed by atoms with Crippen molar-refractivity contribution in [2.75, 3.05) is 7.11 Å². The largest absolute Gasteiger partial charge is 0.507 e. The van der Waals surface area contributed by atoms with Gasteiger partial charge in [-0.05, 0) is 54.7 Å². The summed E-state index contributed by atoms with van der Waals surface area (Å²) in [5.41, 5.74) is 4.06. The molecule has 4 N–H and O–H groups in total. The second kappa shape index (κ2) is 8.68. The van der Waals surface area contributed by atoms with Crippen molar-refractivity contribution in [3.05, 3.63) is 58.7 Å². The molecule has 3 aliphatic carbocycles. The summed E-state index contributed by atoms with van der Waals surface area (Å²) >= 11 is 0. The lowest BCUT2D eigenvalue weighted by atomic mass is 9.53. The van der Waals surface area contributed by atoms with Crippen LogP contribution in [0.1, 0.15) is 39.9 Å². The van der Waals surface area contributed by atoms with Gasteiger partial charge < -0.3 is 20.7 Å². The van der Waals surface area contributed by atoms with Gasteiger partial charge in [-0.2, -0.15) is 0 Å². The van der Waals surface area contributed by atoms with Crippen molar-refractivity contribution in [3.63, 3.8) is 0 Å². The molecule has 0 spiro atoms. The highest BCUT2D eigenvalue weighted by atomic mass is 16.5. The molecule has 2 saturated carbocycles. The number of aromatic hydroxyl groups is 1. The monoisotopic (exact) mass is 501 g/mol. The van der Waals surface area contributed by atoms with Crippen LogP contribution in [0.5, 0.6) is 11.5 Å². The number of carbonyl (C=O) groups is 5. The smallest absolute Gasteiger partial charge is 0.235 e. The van der Waals surface area contributed by atoms with Gasteiger partial charge in [0.2, 0.25) is 5.91 Å². The van der Waals surface area contributed by atoms with Gasteiger partial charge in [-0.1, -0.05) is 17.9 Å². The molecule has 5 rings (SSSR count). The van der Waals surface area contributed by atoms with Gasteiger partial charge in [-0.3, -0.25) is 24.0 Å². The minimum absolute atomic E-state index is 0.0272. The van der Waals surface area contributed by atoms with E-state index in [4.69, 9.17) is 10.5 Å². The topological polar surface area (TPSA) is 161 Å². The summed E-state index contributed by atoms with van der Waals surface area (Å²) in [4.78, 5) is 64.3. The van der Waals surface area contributed by atoms with E-state index in [2.05, 4.69) is 11.8 Å². The molecule has 2 unspecified atom stereocenters. The van der Waals surface area contributed by atoms with Crippen molar-refractivity contribution in [1.29, 1.82) is 0 Å². The Morgan fingerprint density at radius 2 is 1.84 bits per heavy atom. The Labute approximate surface area is 211 Å². The van der Waals surface area contributed by atoms with Crippen molar-refractivity contribution < 1.29 is 38.9 Å². The van der Waals surface area contributed by atoms with Gasteiger partial charge in [0.05, 0.1) is 18.6 Å². The third-order valence-corrected chi connectivity index (χ3v) is 7.70. The van der Waals surface area contributed by atoms with Crippen LogP contribution in [0.15, 0.2) is 36.4 Å². The van der Waals surface area contributed by atoms with E-state index in [9.17, 15) is 34.2 Å². The number of nitrogens with two attached hydrogens (primary N) is 1. The van der Waals surface area contributed by atoms with Crippen LogP contribution >= 0.6 is 0 Å². The number of rotatable bonds is 2. The van der Waals surface area contributed by atoms with Gasteiger partial charge >= 0.3 is 0 Å². The van der Waals surface area contributed by atoms with Crippen LogP contribution in [0, 0.1) is 35.5 Å². The highest BCUT2D eigenvalue weighted by Gasteiger charge is 2.66. The molecule has 0 saturated heterocycles. The molecule has 9 nitrogen and oxygen atoms in total. The van der Waals surface area contributed by atoms with Gasteiger partial charge in [-0.15, -0.1) is 0 Å². The van der Waals surface area contributed by atoms with Crippen LogP contribution in [0.3, 0.4) is 0 Å². The van der Waals surface area contributed by atoms with E-state index in [0.717, 1.165) is 0 Å². The lowest BCUT2D eigenvalue weighted by molar-refractivity contribution is -0.175. The molecule has 2 aromatic carbocycles. The van der Waals surface area contributed by atoms with Crippen LogP contribution in [0.2, 0.25) is 0 Å². The Kier molecular flexibility index (Phi) is 5.72. The van der Waals surface area contributed by atoms with Crippen LogP contribution < -0.4 is 10.5 Å². The number of ether oxygens (including phenoxy) is 1. The maximum absolute atomic E-state index is 13.6. The van der Waals surface area contributed by atoms with E-state index in [-0.39, 0.29) is 30.6 Å². The average molecular weight is 501 g/mol. The van der Waals surface area contributed by atoms with E-state index < -0.39 is 58.3 Å². The number of phenols is 1. The SMILES string of the molecule is COc1cccc(C#Cc2ccc(O)c3c2C[C@H]2C[C@H]4CC(=O)C(C(N)=O)C(=O)[C@@]4(O)C(=O)C2C3=O)c1. The lowest BCUT2D eigenvalue weighted by Gasteiger charge is -2.48. The number of primary amides is 1. The number of aliphatic hydroxyl groups is 1. The third-order valence-electron chi connectivity index (χ3n) is 7.70. The first-order valence-electron chi connectivity index (χ1n) is 11.8. The number of amides is 1. The summed E-state index contributed by atoms with van der Waals surface area (Å²) in [5, 5.41) is 21.8. The van der Waals surface area contributed by atoms with Crippen LogP contribution in [0.4, 0.5) is 0 Å². The normalized spacial score (nSPS) is 28.4. The lowest BCUT2D eigenvalue weighted by Crippen LogP contribution is -2.68. The molecule has 0 aliphatic heterocycles. The number of methoxy groups -OCH3 is 1. The number of hydrogen-bond acceptors (Lipinski definition) is 8. The summed E-state index contributed by atoms with van der Waals surface area (Å²) in [6, 6.07) is 10.00. The van der Waals surface area contributed by atoms with Crippen LogP contribution in [-0.2, 0) is 25.6 Å². The molecule has 2 fully saturated rings. The van der Waals surface area contributed by atoms with Crippen LogP contribution in [-0.4, -0.2) is 52.0 Å². The predicted octanol–water partition coefficient (Wildman–Crippen LogP) is 0.735. The maximum Gasteiger partial charge on any atom is 0.235 e. The van der Waals surface area contributed by atoms with Gasteiger partial charge in [0, 0.05) is 23.5 Å². The van der Waals surface area contributed by atoms with E-state index in [0.29, 0.717) is 22.4 Å². The molecule has 0 bridgehead atoms. The second-order valence-electron chi connectivity index (χ2n) is 9.71. The van der Waals surface area contributed by atoms with E-state index in [1.807, 2.05) is 0 Å². The van der Waals surface area contributed by atoms with Crippen molar-refractivity contribution in [2.45, 2.75) is 24.9 Å². The number of carbonyl (C=O) groups excluding carboxylic acids is 5. The Bertz CT molecular complexity index is 1460. The molecule has 5 atom stereocenters. The molecular formula is C28H23NO8. The first-order chi connectivity index (χ1) is 17.6. The van der Waals surface area contributed by atoms with Gasteiger partial charge in [0.15, 0.2) is 34.7 Å². The average Bonchev–Trinajstić information content (AvgIpc) is 2.85. The number of fused-ring (bicyclic) bond motifs is 3. The summed E-state index contributed by atoms with van der Waals surface area (Å²) in [7, 11) is 1.54. The molecule has 0 aromatic heterocycles. The maximum atomic E-state index is 13.6. The summed E-state index contributed by atoms with van der Waals surface area (Å²) in [6.07, 6.45) is -0.184. The van der Waals surface area contributed by atoms with Gasteiger partial charge in [0.25, 0.3) is 0 Å². The molecule has 9 heteroatoms. The summed E-state index contributed by atoms with van der Waals surface area (Å²) < 4.78 is 5.21. The number of Topliss-reactive ketones (excluding diaryl/α,β-unsaturated/α-hetero) is 4. The molecule has 37 heavy (non-hydrogen) atoms. The number of phenolic OH excluding ortho intramolecular Hbond substituents is 1. The van der Waals surface area contributed by atoms with Crippen LogP contribution in [0.25, 0.3) is 0 Å². The minimum atomic E-state index is -2.67. The van der Waals surface area contributed by atoms with Crippen molar-refractivity contribution in [1.82, 2.24) is 0 Å². The number of ketones is 4. The first-order valence-corrected chi connectivity index (χ1v) is 11.8. The molecule has 2 aromatic rings. The summed E-state index contributed by atoms with van der Waals surface area (Å²) in [5.74, 6) is -3.75. The fraction of sp³-hybridized carbons (Fsp3) is 0.321. The van der Waals surface area contributed by atoms with Crippen molar-refractivity contribution >= 4 is 29.0 Å². The predicted molar refractivity (Wildman–Crippen MR) is 127 cm³/mol. The highest BCUT2D eigenvalue weighted by molar-refractivity contribution is 6.31. The highest BCUT2D eigenvalue weighted by Crippen LogP contribution is 2.50. The Balaban J connectivity index is 1.56.